The van der Waals surface area contributed by atoms with E-state index in [1.54, 1.807) is 29.2 Å². The van der Waals surface area contributed by atoms with Crippen molar-refractivity contribution < 1.29 is 9.13 Å². The number of hydrogen-bond donors (Lipinski definition) is 1. The first-order valence-corrected chi connectivity index (χ1v) is 12.6. The van der Waals surface area contributed by atoms with E-state index in [2.05, 4.69) is 29.9 Å². The van der Waals surface area contributed by atoms with Crippen molar-refractivity contribution in [1.29, 1.82) is 0 Å². The number of benzene rings is 1. The van der Waals surface area contributed by atoms with Crippen LogP contribution in [0.3, 0.4) is 0 Å². The van der Waals surface area contributed by atoms with Crippen LogP contribution in [0.1, 0.15) is 12.0 Å². The number of anilines is 2. The fourth-order valence-corrected chi connectivity index (χ4v) is 4.85. The second-order valence-corrected chi connectivity index (χ2v) is 9.57. The highest BCUT2D eigenvalue weighted by Gasteiger charge is 2.19. The Morgan fingerprint density at radius 1 is 1.08 bits per heavy atom. The Morgan fingerprint density at radius 2 is 1.97 bits per heavy atom. The highest BCUT2D eigenvalue weighted by atomic mass is 19.1. The third kappa shape index (κ3) is 4.08. The maximum absolute atomic E-state index is 14.8. The predicted molar refractivity (Wildman–Crippen MR) is 146 cm³/mol. The second kappa shape index (κ2) is 9.05. The lowest BCUT2D eigenvalue weighted by Crippen LogP contribution is -2.37. The smallest absolute Gasteiger partial charge is 0.150 e. The van der Waals surface area contributed by atoms with Crippen molar-refractivity contribution in [3.8, 4) is 22.7 Å². The van der Waals surface area contributed by atoms with Crippen molar-refractivity contribution in [2.75, 3.05) is 23.7 Å². The minimum atomic E-state index is -0.366. The van der Waals surface area contributed by atoms with Crippen molar-refractivity contribution >= 4 is 33.6 Å². The summed E-state index contributed by atoms with van der Waals surface area (Å²) in [5, 5.41) is 5.72. The molecule has 0 amide bonds. The summed E-state index contributed by atoms with van der Waals surface area (Å²) >= 11 is 0. The van der Waals surface area contributed by atoms with Crippen LogP contribution >= 0.6 is 0 Å². The maximum Gasteiger partial charge on any atom is 0.150 e. The first-order chi connectivity index (χ1) is 19.0. The Labute approximate surface area is 222 Å². The number of aromatic nitrogens is 7. The molecule has 1 aliphatic heterocycles. The van der Waals surface area contributed by atoms with E-state index in [1.165, 1.54) is 12.4 Å². The minimum absolute atomic E-state index is 0.195. The molecule has 1 saturated heterocycles. The molecule has 7 rings (SSSR count). The van der Waals surface area contributed by atoms with Crippen molar-refractivity contribution in [3.05, 3.63) is 78.9 Å². The summed E-state index contributed by atoms with van der Waals surface area (Å²) in [5.41, 5.74) is 10.6. The van der Waals surface area contributed by atoms with Gasteiger partial charge < -0.3 is 15.4 Å². The molecule has 10 nitrogen and oxygen atoms in total. The molecule has 0 aliphatic carbocycles. The lowest BCUT2D eigenvalue weighted by Gasteiger charge is -2.32. The molecule has 0 spiro atoms. The summed E-state index contributed by atoms with van der Waals surface area (Å²) in [7, 11) is 1.86. The molecule has 0 radical (unpaired) electrons. The molecule has 11 heteroatoms. The number of pyridine rings is 2. The van der Waals surface area contributed by atoms with Crippen LogP contribution in [0.4, 0.5) is 16.0 Å². The molecule has 1 fully saturated rings. The topological polar surface area (TPSA) is 113 Å². The minimum Gasteiger partial charge on any atom is -0.489 e. The Bertz CT molecular complexity index is 1860. The molecular weight excluding hydrogens is 497 g/mol. The van der Waals surface area contributed by atoms with E-state index < -0.39 is 0 Å². The fraction of sp³-hybridized carbons (Fsp3) is 0.179. The average Bonchev–Trinajstić information content (AvgIpc) is 3.51. The molecule has 194 valence electrons. The van der Waals surface area contributed by atoms with Gasteiger partial charge in [-0.2, -0.15) is 5.10 Å². The first kappa shape index (κ1) is 23.1. The summed E-state index contributed by atoms with van der Waals surface area (Å²) < 4.78 is 24.5. The monoisotopic (exact) mass is 521 g/mol. The quantitative estimate of drug-likeness (QED) is 0.346. The van der Waals surface area contributed by atoms with Crippen LogP contribution in [0.25, 0.3) is 38.9 Å². The Morgan fingerprint density at radius 3 is 2.77 bits per heavy atom. The molecule has 0 unspecified atom stereocenters. The van der Waals surface area contributed by atoms with Crippen LogP contribution in [0.15, 0.2) is 67.5 Å². The Kier molecular flexibility index (Phi) is 5.36. The first-order valence-electron chi connectivity index (χ1n) is 12.6. The van der Waals surface area contributed by atoms with Crippen molar-refractivity contribution in [3.63, 3.8) is 0 Å². The normalized spacial score (nSPS) is 13.2. The molecule has 0 bridgehead atoms. The summed E-state index contributed by atoms with van der Waals surface area (Å²) in [6.07, 6.45) is 9.84. The molecule has 39 heavy (non-hydrogen) atoms. The van der Waals surface area contributed by atoms with Gasteiger partial charge in [-0.25, -0.2) is 19.3 Å². The third-order valence-corrected chi connectivity index (χ3v) is 6.96. The summed E-state index contributed by atoms with van der Waals surface area (Å²) in [6, 6.07) is 10.7. The Balaban J connectivity index is 1.20. The zero-order chi connectivity index (χ0) is 26.5. The number of nitrogens with zero attached hydrogens (tertiary/aromatic N) is 8. The number of hydrogen-bond acceptors (Lipinski definition) is 8. The van der Waals surface area contributed by atoms with Crippen molar-refractivity contribution in [2.24, 2.45) is 7.05 Å². The predicted octanol–water partition coefficient (Wildman–Crippen LogP) is 4.27. The van der Waals surface area contributed by atoms with Crippen molar-refractivity contribution in [1.82, 2.24) is 34.3 Å². The van der Waals surface area contributed by atoms with E-state index in [-0.39, 0.29) is 12.4 Å². The largest absolute Gasteiger partial charge is 0.489 e. The van der Waals surface area contributed by atoms with Gasteiger partial charge in [0.2, 0.25) is 0 Å². The highest BCUT2D eigenvalue weighted by Crippen LogP contribution is 2.33. The van der Waals surface area contributed by atoms with Gasteiger partial charge in [0.15, 0.2) is 5.65 Å². The zero-order valence-corrected chi connectivity index (χ0v) is 21.1. The second-order valence-electron chi connectivity index (χ2n) is 9.57. The van der Waals surface area contributed by atoms with E-state index in [4.69, 9.17) is 10.5 Å². The number of fused-ring (bicyclic) bond motifs is 2. The van der Waals surface area contributed by atoms with Crippen LogP contribution in [0.5, 0.6) is 5.75 Å². The number of aryl methyl sites for hydroxylation is 1. The highest BCUT2D eigenvalue weighted by molar-refractivity contribution is 6.00. The molecule has 6 heterocycles. The summed E-state index contributed by atoms with van der Waals surface area (Å²) in [4.78, 5) is 19.9. The van der Waals surface area contributed by atoms with E-state index in [0.717, 1.165) is 53.2 Å². The maximum atomic E-state index is 14.8. The number of rotatable bonds is 6. The number of halogens is 1. The lowest BCUT2D eigenvalue weighted by molar-refractivity contribution is 0.304. The van der Waals surface area contributed by atoms with Gasteiger partial charge in [0.25, 0.3) is 0 Å². The molecule has 2 N–H and O–H groups in total. The van der Waals surface area contributed by atoms with Gasteiger partial charge in [0.05, 0.1) is 28.5 Å². The number of nitrogen functional groups attached to an aromatic ring is 1. The number of ether oxygens (including phenoxy) is 1. The van der Waals surface area contributed by atoms with Crippen molar-refractivity contribution in [2.45, 2.75) is 13.0 Å². The van der Waals surface area contributed by atoms with Gasteiger partial charge in [-0.15, -0.1) is 0 Å². The van der Waals surface area contributed by atoms with Gasteiger partial charge in [-0.05, 0) is 30.7 Å². The average molecular weight is 522 g/mol. The fourth-order valence-electron chi connectivity index (χ4n) is 4.85. The summed E-state index contributed by atoms with van der Waals surface area (Å²) in [5.74, 6) is 1.27. The van der Waals surface area contributed by atoms with Gasteiger partial charge in [-0.3, -0.25) is 14.2 Å². The number of nitrogens with two attached hydrogens (primary N) is 1. The molecule has 0 saturated carbocycles. The van der Waals surface area contributed by atoms with Gasteiger partial charge in [-0.1, -0.05) is 0 Å². The van der Waals surface area contributed by atoms with Gasteiger partial charge in [0.1, 0.15) is 36.1 Å². The van der Waals surface area contributed by atoms with Crippen LogP contribution in [0.2, 0.25) is 0 Å². The molecular formula is C28H24FN9O. The zero-order valence-electron chi connectivity index (χ0n) is 21.1. The van der Waals surface area contributed by atoms with Crippen LogP contribution in [-0.4, -0.2) is 47.4 Å². The SMILES string of the molecule is Cn1ccc(-c2cn(-c3cncc(COc4cc(F)c5ccc(N6CCC6)nc5c4)c3)c3ncnc(N)c23)n1. The van der Waals surface area contributed by atoms with E-state index >= 15 is 0 Å². The third-order valence-electron chi connectivity index (χ3n) is 6.96. The van der Waals surface area contributed by atoms with E-state index in [0.29, 0.717) is 28.1 Å². The van der Waals surface area contributed by atoms with Crippen LogP contribution in [-0.2, 0) is 13.7 Å². The van der Waals surface area contributed by atoms with E-state index in [9.17, 15) is 4.39 Å². The molecule has 1 aromatic carbocycles. The van der Waals surface area contributed by atoms with Crippen LogP contribution < -0.4 is 15.4 Å². The molecule has 0 atom stereocenters. The molecule has 1 aliphatic rings. The lowest BCUT2D eigenvalue weighted by atomic mass is 10.1. The molecule has 6 aromatic rings. The summed E-state index contributed by atoms with van der Waals surface area (Å²) in [6.45, 7) is 2.14. The van der Waals surface area contributed by atoms with Gasteiger partial charge >= 0.3 is 0 Å². The molecule has 5 aromatic heterocycles. The van der Waals surface area contributed by atoms with Crippen LogP contribution in [0, 0.1) is 5.82 Å². The van der Waals surface area contributed by atoms with Gasteiger partial charge in [0, 0.05) is 67.4 Å². The standard InChI is InChI=1S/C28H24FN9O/c1-36-8-5-23(35-36)21-14-38(28-26(21)27(30)32-16-33-28)18-9-17(12-31-13-18)15-39-19-10-22(29)20-3-4-25(34-24(20)11-19)37-6-2-7-37/h3-5,8-14,16H,2,6-7,15H2,1H3,(H2,30,32,33). The Hall–Kier alpha value is -5.06. The van der Waals surface area contributed by atoms with E-state index in [1.807, 2.05) is 42.2 Å².